The number of nitrogens with two attached hydrogens (primary N) is 1. The minimum Gasteiger partial charge on any atom is -0.389 e. The Morgan fingerprint density at radius 3 is 2.75 bits per heavy atom. The first-order valence-corrected chi connectivity index (χ1v) is 5.78. The lowest BCUT2D eigenvalue weighted by Crippen LogP contribution is -2.44. The summed E-state index contributed by atoms with van der Waals surface area (Å²) in [6.45, 7) is 0.455. The number of hydrogen-bond donors (Lipinski definition) is 3. The monoisotopic (exact) mass is 230 g/mol. The second-order valence-corrected chi connectivity index (χ2v) is 4.66. The van der Waals surface area contributed by atoms with Crippen molar-refractivity contribution < 1.29 is 14.6 Å². The van der Waals surface area contributed by atoms with Crippen LogP contribution in [0.25, 0.3) is 0 Å². The second kappa shape index (κ2) is 6.18. The van der Waals surface area contributed by atoms with Crippen molar-refractivity contribution in [2.24, 2.45) is 5.73 Å². The van der Waals surface area contributed by atoms with Crippen LogP contribution in [0.2, 0.25) is 0 Å². The number of aliphatic hydroxyl groups is 1. The van der Waals surface area contributed by atoms with Gasteiger partial charge in [0, 0.05) is 25.6 Å². The molecule has 0 aliphatic heterocycles. The van der Waals surface area contributed by atoms with Gasteiger partial charge in [0.15, 0.2) is 0 Å². The number of rotatable bonds is 6. The average molecular weight is 230 g/mol. The molecule has 1 aliphatic rings. The van der Waals surface area contributed by atoms with Gasteiger partial charge in [0.2, 0.25) is 5.91 Å². The molecule has 1 saturated carbocycles. The van der Waals surface area contributed by atoms with Crippen LogP contribution in [0.5, 0.6) is 0 Å². The molecule has 1 aliphatic carbocycles. The van der Waals surface area contributed by atoms with Crippen LogP contribution < -0.4 is 11.1 Å². The lowest BCUT2D eigenvalue weighted by molar-refractivity contribution is -0.122. The molecule has 1 rings (SSSR count). The van der Waals surface area contributed by atoms with E-state index in [1.165, 1.54) is 7.11 Å². The van der Waals surface area contributed by atoms with Crippen LogP contribution in [0.3, 0.4) is 0 Å². The predicted octanol–water partition coefficient (Wildman–Crippen LogP) is -0.228. The zero-order valence-corrected chi connectivity index (χ0v) is 9.87. The lowest BCUT2D eigenvalue weighted by atomic mass is 9.94. The first-order chi connectivity index (χ1) is 7.56. The molecule has 4 N–H and O–H groups in total. The number of aliphatic hydroxyl groups excluding tert-OH is 1. The van der Waals surface area contributed by atoms with Gasteiger partial charge >= 0.3 is 0 Å². The molecule has 1 amide bonds. The molecule has 0 aromatic heterocycles. The highest BCUT2D eigenvalue weighted by Crippen LogP contribution is 2.29. The van der Waals surface area contributed by atoms with Crippen LogP contribution in [-0.2, 0) is 9.53 Å². The average Bonchev–Trinajstić information content (AvgIpc) is 2.62. The summed E-state index contributed by atoms with van der Waals surface area (Å²) >= 11 is 0. The largest absolute Gasteiger partial charge is 0.389 e. The number of nitrogens with one attached hydrogen (secondary N) is 1. The molecule has 0 spiro atoms. The number of hydrogen-bond acceptors (Lipinski definition) is 4. The van der Waals surface area contributed by atoms with Gasteiger partial charge < -0.3 is 20.9 Å². The van der Waals surface area contributed by atoms with Gasteiger partial charge in [0.25, 0.3) is 0 Å². The van der Waals surface area contributed by atoms with Crippen LogP contribution in [0, 0.1) is 0 Å². The molecule has 0 saturated heterocycles. The Hall–Kier alpha value is -0.650. The standard InChI is InChI=1S/C11H22N2O3/c1-16-8-9(14)7-13-10(15)6-11(12)4-2-3-5-11/h9,14H,2-8,12H2,1H3,(H,13,15). The molecule has 16 heavy (non-hydrogen) atoms. The number of ether oxygens (including phenoxy) is 1. The maximum atomic E-state index is 11.6. The van der Waals surface area contributed by atoms with E-state index >= 15 is 0 Å². The Morgan fingerprint density at radius 1 is 1.56 bits per heavy atom. The Morgan fingerprint density at radius 2 is 2.19 bits per heavy atom. The summed E-state index contributed by atoms with van der Waals surface area (Å²) in [4.78, 5) is 11.6. The number of carbonyl (C=O) groups excluding carboxylic acids is 1. The van der Waals surface area contributed by atoms with Crippen LogP contribution in [-0.4, -0.2) is 42.9 Å². The van der Waals surface area contributed by atoms with Crippen molar-refractivity contribution in [1.29, 1.82) is 0 Å². The fraction of sp³-hybridized carbons (Fsp3) is 0.909. The van der Waals surface area contributed by atoms with E-state index in [9.17, 15) is 9.90 Å². The summed E-state index contributed by atoms with van der Waals surface area (Å²) in [7, 11) is 1.51. The summed E-state index contributed by atoms with van der Waals surface area (Å²) < 4.78 is 4.76. The molecule has 0 bridgehead atoms. The first-order valence-electron chi connectivity index (χ1n) is 5.78. The zero-order valence-electron chi connectivity index (χ0n) is 9.87. The van der Waals surface area contributed by atoms with Crippen molar-refractivity contribution in [3.63, 3.8) is 0 Å². The molecule has 0 aromatic carbocycles. The van der Waals surface area contributed by atoms with E-state index in [0.717, 1.165) is 25.7 Å². The lowest BCUT2D eigenvalue weighted by Gasteiger charge is -2.22. The Labute approximate surface area is 96.3 Å². The van der Waals surface area contributed by atoms with E-state index in [1.807, 2.05) is 0 Å². The fourth-order valence-electron chi connectivity index (χ4n) is 2.12. The molecular formula is C11H22N2O3. The number of carbonyl (C=O) groups is 1. The topological polar surface area (TPSA) is 84.6 Å². The molecule has 94 valence electrons. The van der Waals surface area contributed by atoms with E-state index in [0.29, 0.717) is 6.42 Å². The summed E-state index contributed by atoms with van der Waals surface area (Å²) in [6, 6.07) is 0. The maximum absolute atomic E-state index is 11.6. The first kappa shape index (κ1) is 13.4. The highest BCUT2D eigenvalue weighted by Gasteiger charge is 2.31. The second-order valence-electron chi connectivity index (χ2n) is 4.66. The zero-order chi connectivity index (χ0) is 12.0. The number of methoxy groups -OCH3 is 1. The molecule has 1 atom stereocenters. The predicted molar refractivity (Wildman–Crippen MR) is 60.9 cm³/mol. The summed E-state index contributed by atoms with van der Waals surface area (Å²) in [5.74, 6) is -0.0837. The smallest absolute Gasteiger partial charge is 0.221 e. The van der Waals surface area contributed by atoms with Crippen molar-refractivity contribution in [2.45, 2.75) is 43.7 Å². The van der Waals surface area contributed by atoms with Crippen molar-refractivity contribution >= 4 is 5.91 Å². The van der Waals surface area contributed by atoms with E-state index in [-0.39, 0.29) is 24.6 Å². The van der Waals surface area contributed by atoms with Gasteiger partial charge in [-0.05, 0) is 12.8 Å². The van der Waals surface area contributed by atoms with Gasteiger partial charge in [-0.2, -0.15) is 0 Å². The molecule has 1 unspecified atom stereocenters. The minimum atomic E-state index is -0.647. The minimum absolute atomic E-state index is 0.0837. The summed E-state index contributed by atoms with van der Waals surface area (Å²) in [5, 5.41) is 12.0. The van der Waals surface area contributed by atoms with Crippen molar-refractivity contribution in [2.75, 3.05) is 20.3 Å². The third-order valence-electron chi connectivity index (χ3n) is 3.01. The Bertz CT molecular complexity index is 227. The van der Waals surface area contributed by atoms with Crippen LogP contribution in [0.1, 0.15) is 32.1 Å². The SMILES string of the molecule is COCC(O)CNC(=O)CC1(N)CCCC1. The molecule has 0 radical (unpaired) electrons. The molecule has 0 aromatic rings. The van der Waals surface area contributed by atoms with Gasteiger partial charge in [-0.3, -0.25) is 4.79 Å². The molecular weight excluding hydrogens is 208 g/mol. The number of amides is 1. The summed E-state index contributed by atoms with van der Waals surface area (Å²) in [6.07, 6.45) is 3.76. The summed E-state index contributed by atoms with van der Waals surface area (Å²) in [5.41, 5.74) is 5.75. The van der Waals surface area contributed by atoms with E-state index in [1.54, 1.807) is 0 Å². The van der Waals surface area contributed by atoms with Gasteiger partial charge in [-0.15, -0.1) is 0 Å². The van der Waals surface area contributed by atoms with Crippen LogP contribution in [0.4, 0.5) is 0 Å². The molecule has 0 heterocycles. The molecule has 5 nitrogen and oxygen atoms in total. The maximum Gasteiger partial charge on any atom is 0.221 e. The quantitative estimate of drug-likeness (QED) is 0.588. The highest BCUT2D eigenvalue weighted by atomic mass is 16.5. The molecule has 1 fully saturated rings. The Balaban J connectivity index is 2.20. The third-order valence-corrected chi connectivity index (χ3v) is 3.01. The van der Waals surface area contributed by atoms with Gasteiger partial charge in [-0.25, -0.2) is 0 Å². The van der Waals surface area contributed by atoms with E-state index in [2.05, 4.69) is 5.32 Å². The van der Waals surface area contributed by atoms with Crippen LogP contribution in [0.15, 0.2) is 0 Å². The van der Waals surface area contributed by atoms with E-state index in [4.69, 9.17) is 10.5 Å². The van der Waals surface area contributed by atoms with Gasteiger partial charge in [0.05, 0.1) is 12.7 Å². The van der Waals surface area contributed by atoms with Gasteiger partial charge in [0.1, 0.15) is 0 Å². The van der Waals surface area contributed by atoms with Crippen LogP contribution >= 0.6 is 0 Å². The van der Waals surface area contributed by atoms with Crippen molar-refractivity contribution in [3.05, 3.63) is 0 Å². The van der Waals surface area contributed by atoms with Crippen molar-refractivity contribution in [1.82, 2.24) is 5.32 Å². The molecule has 5 heteroatoms. The fourth-order valence-corrected chi connectivity index (χ4v) is 2.12. The highest BCUT2D eigenvalue weighted by molar-refractivity contribution is 5.77. The van der Waals surface area contributed by atoms with Gasteiger partial charge in [-0.1, -0.05) is 12.8 Å². The Kier molecular flexibility index (Phi) is 5.18. The normalized spacial score (nSPS) is 20.7. The van der Waals surface area contributed by atoms with Crippen molar-refractivity contribution in [3.8, 4) is 0 Å². The van der Waals surface area contributed by atoms with E-state index < -0.39 is 6.10 Å². The third kappa shape index (κ3) is 4.47.